The summed E-state index contributed by atoms with van der Waals surface area (Å²) in [5, 5.41) is 12.2. The van der Waals surface area contributed by atoms with Crippen molar-refractivity contribution in [3.8, 4) is 0 Å². The van der Waals surface area contributed by atoms with Crippen LogP contribution in [0.4, 0.5) is 0 Å². The van der Waals surface area contributed by atoms with Crippen LogP contribution in [0.3, 0.4) is 0 Å². The van der Waals surface area contributed by atoms with E-state index in [-0.39, 0.29) is 5.92 Å². The molecule has 4 nitrogen and oxygen atoms in total. The van der Waals surface area contributed by atoms with Crippen LogP contribution >= 0.6 is 0 Å². The van der Waals surface area contributed by atoms with Crippen molar-refractivity contribution >= 4 is 5.97 Å². The average Bonchev–Trinajstić information content (AvgIpc) is 2.03. The van der Waals surface area contributed by atoms with Gasteiger partial charge in [-0.2, -0.15) is 0 Å². The molecule has 2 atom stereocenters. The van der Waals surface area contributed by atoms with Gasteiger partial charge in [-0.15, -0.1) is 0 Å². The normalized spacial score (nSPS) is 30.3. The summed E-state index contributed by atoms with van der Waals surface area (Å²) in [5.41, 5.74) is 0. The van der Waals surface area contributed by atoms with Gasteiger partial charge in [-0.25, -0.2) is 0 Å². The number of likely N-dealkylation sites (tertiary alicyclic amines) is 1. The van der Waals surface area contributed by atoms with E-state index in [1.807, 2.05) is 14.0 Å². The summed E-state index contributed by atoms with van der Waals surface area (Å²) >= 11 is 0. The maximum absolute atomic E-state index is 10.8. The molecule has 1 aliphatic rings. The Morgan fingerprint density at radius 1 is 1.62 bits per heavy atom. The Bertz CT molecular complexity index is 184. The molecule has 0 aromatic carbocycles. The molecule has 0 spiro atoms. The van der Waals surface area contributed by atoms with Gasteiger partial charge in [0.2, 0.25) is 0 Å². The van der Waals surface area contributed by atoms with E-state index in [4.69, 9.17) is 5.11 Å². The Labute approximate surface area is 78.9 Å². The lowest BCUT2D eigenvalue weighted by Crippen LogP contribution is -2.49. The number of hydrogen-bond acceptors (Lipinski definition) is 3. The first-order valence-corrected chi connectivity index (χ1v) is 4.78. The number of rotatable bonds is 3. The van der Waals surface area contributed by atoms with Crippen molar-refractivity contribution in [1.82, 2.24) is 10.2 Å². The van der Waals surface area contributed by atoms with Crippen LogP contribution in [0.5, 0.6) is 0 Å². The molecule has 0 amide bonds. The molecule has 0 saturated carbocycles. The second kappa shape index (κ2) is 4.58. The SMILES string of the molecule is CCNC1CC(C(=O)O)CN(C)C1. The molecular formula is C9H18N2O2. The molecule has 2 N–H and O–H groups in total. The first-order valence-electron chi connectivity index (χ1n) is 4.78. The lowest BCUT2D eigenvalue weighted by Gasteiger charge is -2.34. The Kier molecular flexibility index (Phi) is 3.69. The number of likely N-dealkylation sites (N-methyl/N-ethyl adjacent to an activating group) is 2. The number of carbonyl (C=O) groups is 1. The largest absolute Gasteiger partial charge is 0.481 e. The summed E-state index contributed by atoms with van der Waals surface area (Å²) in [6.07, 6.45) is 0.757. The van der Waals surface area contributed by atoms with Gasteiger partial charge in [0.15, 0.2) is 0 Å². The van der Waals surface area contributed by atoms with Crippen molar-refractivity contribution in [3.63, 3.8) is 0 Å². The van der Waals surface area contributed by atoms with Crippen molar-refractivity contribution in [3.05, 3.63) is 0 Å². The third-order valence-corrected chi connectivity index (χ3v) is 2.48. The molecule has 0 aromatic rings. The van der Waals surface area contributed by atoms with Crippen molar-refractivity contribution in [1.29, 1.82) is 0 Å². The Morgan fingerprint density at radius 3 is 2.85 bits per heavy atom. The first-order chi connectivity index (χ1) is 6.13. The molecule has 0 radical (unpaired) electrons. The van der Waals surface area contributed by atoms with Crippen LogP contribution in [0.2, 0.25) is 0 Å². The fourth-order valence-corrected chi connectivity index (χ4v) is 1.93. The van der Waals surface area contributed by atoms with Crippen molar-refractivity contribution in [2.45, 2.75) is 19.4 Å². The Balaban J connectivity index is 2.47. The van der Waals surface area contributed by atoms with Crippen LogP contribution in [0, 0.1) is 5.92 Å². The predicted molar refractivity (Wildman–Crippen MR) is 50.7 cm³/mol. The number of aliphatic carboxylic acids is 1. The van der Waals surface area contributed by atoms with Gasteiger partial charge >= 0.3 is 5.97 Å². The van der Waals surface area contributed by atoms with Crippen molar-refractivity contribution < 1.29 is 9.90 Å². The highest BCUT2D eigenvalue weighted by atomic mass is 16.4. The number of carboxylic acids is 1. The van der Waals surface area contributed by atoms with Gasteiger partial charge in [0.05, 0.1) is 5.92 Å². The van der Waals surface area contributed by atoms with Gasteiger partial charge < -0.3 is 15.3 Å². The number of hydrogen-bond donors (Lipinski definition) is 2. The zero-order valence-electron chi connectivity index (χ0n) is 8.29. The molecule has 1 fully saturated rings. The topological polar surface area (TPSA) is 52.6 Å². The third kappa shape index (κ3) is 2.97. The summed E-state index contributed by atoms with van der Waals surface area (Å²) < 4.78 is 0. The lowest BCUT2D eigenvalue weighted by atomic mass is 9.95. The molecule has 1 saturated heterocycles. The second-order valence-corrected chi connectivity index (χ2v) is 3.75. The maximum atomic E-state index is 10.8. The van der Waals surface area contributed by atoms with Crippen LogP contribution in [0.25, 0.3) is 0 Å². The molecule has 13 heavy (non-hydrogen) atoms. The standard InChI is InChI=1S/C9H18N2O2/c1-3-10-8-4-7(9(12)13)5-11(2)6-8/h7-8,10H,3-6H2,1-2H3,(H,12,13). The second-order valence-electron chi connectivity index (χ2n) is 3.75. The Morgan fingerprint density at radius 2 is 2.31 bits per heavy atom. The zero-order valence-corrected chi connectivity index (χ0v) is 8.29. The van der Waals surface area contributed by atoms with E-state index in [9.17, 15) is 4.79 Å². The summed E-state index contributed by atoms with van der Waals surface area (Å²) in [6.45, 7) is 4.59. The fraction of sp³-hybridized carbons (Fsp3) is 0.889. The maximum Gasteiger partial charge on any atom is 0.307 e. The fourth-order valence-electron chi connectivity index (χ4n) is 1.93. The average molecular weight is 186 g/mol. The number of piperidine rings is 1. The molecule has 4 heteroatoms. The summed E-state index contributed by atoms with van der Waals surface area (Å²) in [4.78, 5) is 12.9. The van der Waals surface area contributed by atoms with Crippen molar-refractivity contribution in [2.75, 3.05) is 26.7 Å². The minimum Gasteiger partial charge on any atom is -0.481 e. The zero-order chi connectivity index (χ0) is 9.84. The first kappa shape index (κ1) is 10.5. The molecule has 0 bridgehead atoms. The van der Waals surface area contributed by atoms with Crippen LogP contribution in [0.1, 0.15) is 13.3 Å². The molecule has 76 valence electrons. The molecule has 0 aromatic heterocycles. The lowest BCUT2D eigenvalue weighted by molar-refractivity contribution is -0.143. The number of nitrogens with zero attached hydrogens (tertiary/aromatic N) is 1. The molecule has 0 aliphatic carbocycles. The van der Waals surface area contributed by atoms with Gasteiger partial charge in [0, 0.05) is 19.1 Å². The van der Waals surface area contributed by atoms with Gasteiger partial charge in [-0.05, 0) is 20.0 Å². The van der Waals surface area contributed by atoms with Crippen LogP contribution in [0.15, 0.2) is 0 Å². The van der Waals surface area contributed by atoms with E-state index < -0.39 is 5.97 Å². The highest BCUT2D eigenvalue weighted by molar-refractivity contribution is 5.70. The van der Waals surface area contributed by atoms with E-state index in [1.165, 1.54) is 0 Å². The van der Waals surface area contributed by atoms with E-state index in [1.54, 1.807) is 0 Å². The Hall–Kier alpha value is -0.610. The predicted octanol–water partition coefficient (Wildman–Crippen LogP) is 0.000800. The van der Waals surface area contributed by atoms with Gasteiger partial charge in [0.1, 0.15) is 0 Å². The molecule has 2 unspecified atom stereocenters. The summed E-state index contributed by atoms with van der Waals surface area (Å²) in [7, 11) is 1.97. The molecular weight excluding hydrogens is 168 g/mol. The monoisotopic (exact) mass is 186 g/mol. The summed E-state index contributed by atoms with van der Waals surface area (Å²) in [6, 6.07) is 0.338. The quantitative estimate of drug-likeness (QED) is 0.651. The molecule has 1 aliphatic heterocycles. The van der Waals surface area contributed by atoms with Gasteiger partial charge in [0.25, 0.3) is 0 Å². The highest BCUT2D eigenvalue weighted by Gasteiger charge is 2.29. The van der Waals surface area contributed by atoms with Gasteiger partial charge in [-0.1, -0.05) is 6.92 Å². The highest BCUT2D eigenvalue weighted by Crippen LogP contribution is 2.15. The minimum absolute atomic E-state index is 0.206. The van der Waals surface area contributed by atoms with Crippen molar-refractivity contribution in [2.24, 2.45) is 5.92 Å². The van der Waals surface area contributed by atoms with Gasteiger partial charge in [-0.3, -0.25) is 4.79 Å². The third-order valence-electron chi connectivity index (χ3n) is 2.48. The number of nitrogens with one attached hydrogen (secondary N) is 1. The van der Waals surface area contributed by atoms with Crippen LogP contribution in [-0.4, -0.2) is 48.7 Å². The van der Waals surface area contributed by atoms with E-state index in [0.717, 1.165) is 19.5 Å². The molecule has 1 heterocycles. The van der Waals surface area contributed by atoms with Crippen LogP contribution in [-0.2, 0) is 4.79 Å². The number of carboxylic acid groups (broad SMARTS) is 1. The van der Waals surface area contributed by atoms with E-state index in [0.29, 0.717) is 12.6 Å². The van der Waals surface area contributed by atoms with E-state index in [2.05, 4.69) is 10.2 Å². The van der Waals surface area contributed by atoms with E-state index >= 15 is 0 Å². The van der Waals surface area contributed by atoms with Crippen LogP contribution < -0.4 is 5.32 Å². The minimum atomic E-state index is -0.672. The summed E-state index contributed by atoms with van der Waals surface area (Å²) in [5.74, 6) is -0.878. The smallest absolute Gasteiger partial charge is 0.307 e. The molecule has 1 rings (SSSR count).